The summed E-state index contributed by atoms with van der Waals surface area (Å²) in [6, 6.07) is 0. The molecule has 0 aliphatic heterocycles. The number of hydrogen-bond donors (Lipinski definition) is 1. The van der Waals surface area contributed by atoms with E-state index in [1.807, 2.05) is 0 Å². The Hall–Kier alpha value is -1.33. The molecule has 0 aromatic carbocycles. The molecule has 0 radical (unpaired) electrons. The van der Waals surface area contributed by atoms with Crippen molar-refractivity contribution in [1.82, 2.24) is 9.97 Å². The molecule has 0 amide bonds. The Morgan fingerprint density at radius 1 is 1.46 bits per heavy atom. The van der Waals surface area contributed by atoms with Crippen LogP contribution in [0.3, 0.4) is 0 Å². The lowest BCUT2D eigenvalue weighted by Gasteiger charge is -2.10. The van der Waals surface area contributed by atoms with Gasteiger partial charge >= 0.3 is 6.18 Å². The Kier molecular flexibility index (Phi) is 2.69. The number of aromatic nitrogens is 2. The van der Waals surface area contributed by atoms with Crippen LogP contribution in [0.5, 0.6) is 0 Å². The second-order valence-electron chi connectivity index (χ2n) is 2.31. The van der Waals surface area contributed by atoms with E-state index in [-0.39, 0.29) is 5.82 Å². The molecule has 3 nitrogen and oxygen atoms in total. The summed E-state index contributed by atoms with van der Waals surface area (Å²) in [4.78, 5) is 6.82. The molecule has 1 heterocycles. The van der Waals surface area contributed by atoms with E-state index in [0.29, 0.717) is 6.54 Å². The summed E-state index contributed by atoms with van der Waals surface area (Å²) in [6.07, 6.45) is -2.57. The van der Waals surface area contributed by atoms with Crippen LogP contribution >= 0.6 is 0 Å². The van der Waals surface area contributed by atoms with Gasteiger partial charge in [0, 0.05) is 12.7 Å². The van der Waals surface area contributed by atoms with Crippen LogP contribution in [0.1, 0.15) is 12.5 Å². The largest absolute Gasteiger partial charge is 0.421 e. The van der Waals surface area contributed by atoms with E-state index in [1.54, 1.807) is 6.92 Å². The van der Waals surface area contributed by atoms with Crippen molar-refractivity contribution >= 4 is 5.82 Å². The molecular weight excluding hydrogens is 183 g/mol. The summed E-state index contributed by atoms with van der Waals surface area (Å²) < 4.78 is 36.8. The average molecular weight is 191 g/mol. The molecule has 6 heteroatoms. The van der Waals surface area contributed by atoms with Crippen molar-refractivity contribution in [1.29, 1.82) is 0 Å². The van der Waals surface area contributed by atoms with E-state index in [4.69, 9.17) is 0 Å². The first-order valence-corrected chi connectivity index (χ1v) is 3.66. The summed E-state index contributed by atoms with van der Waals surface area (Å²) in [5.41, 5.74) is -0.836. The van der Waals surface area contributed by atoms with Gasteiger partial charge in [-0.05, 0) is 6.92 Å². The molecule has 0 aliphatic rings. The van der Waals surface area contributed by atoms with Gasteiger partial charge in [0.25, 0.3) is 0 Å². The van der Waals surface area contributed by atoms with Crippen molar-refractivity contribution in [3.63, 3.8) is 0 Å². The zero-order valence-electron chi connectivity index (χ0n) is 6.89. The van der Waals surface area contributed by atoms with Crippen LogP contribution in [0, 0.1) is 0 Å². The third kappa shape index (κ3) is 2.30. The maximum absolute atomic E-state index is 12.3. The normalized spacial score (nSPS) is 11.4. The summed E-state index contributed by atoms with van der Waals surface area (Å²) in [5.74, 6) is -0.176. The van der Waals surface area contributed by atoms with Crippen molar-refractivity contribution in [2.24, 2.45) is 0 Å². The SMILES string of the molecule is CCNc1ncncc1C(F)(F)F. The number of nitrogens with zero attached hydrogens (tertiary/aromatic N) is 2. The van der Waals surface area contributed by atoms with Gasteiger partial charge in [-0.1, -0.05) is 0 Å². The first-order chi connectivity index (χ1) is 6.05. The maximum atomic E-state index is 12.3. The predicted molar refractivity (Wildman–Crippen MR) is 41.2 cm³/mol. The van der Waals surface area contributed by atoms with Gasteiger partial charge in [0.15, 0.2) is 0 Å². The molecule has 0 unspecified atom stereocenters. The van der Waals surface area contributed by atoms with Crippen LogP contribution in [-0.4, -0.2) is 16.5 Å². The van der Waals surface area contributed by atoms with Crippen LogP contribution in [-0.2, 0) is 6.18 Å². The first-order valence-electron chi connectivity index (χ1n) is 3.66. The van der Waals surface area contributed by atoms with Gasteiger partial charge in [0.05, 0.1) is 0 Å². The van der Waals surface area contributed by atoms with Crippen molar-refractivity contribution in [3.05, 3.63) is 18.1 Å². The van der Waals surface area contributed by atoms with Crippen LogP contribution in [0.15, 0.2) is 12.5 Å². The smallest absolute Gasteiger partial charge is 0.370 e. The third-order valence-electron chi connectivity index (χ3n) is 1.36. The molecule has 0 fully saturated rings. The van der Waals surface area contributed by atoms with Crippen LogP contribution in [0.4, 0.5) is 19.0 Å². The van der Waals surface area contributed by atoms with Crippen LogP contribution < -0.4 is 5.32 Å². The average Bonchev–Trinajstić information content (AvgIpc) is 2.04. The Morgan fingerprint density at radius 2 is 2.15 bits per heavy atom. The van der Waals surface area contributed by atoms with Gasteiger partial charge in [0.2, 0.25) is 0 Å². The summed E-state index contributed by atoms with van der Waals surface area (Å²) >= 11 is 0. The monoisotopic (exact) mass is 191 g/mol. The fraction of sp³-hybridized carbons (Fsp3) is 0.429. The topological polar surface area (TPSA) is 37.8 Å². The Morgan fingerprint density at radius 3 is 2.69 bits per heavy atom. The van der Waals surface area contributed by atoms with Crippen LogP contribution in [0.25, 0.3) is 0 Å². The van der Waals surface area contributed by atoms with E-state index in [1.165, 1.54) is 0 Å². The lowest BCUT2D eigenvalue weighted by atomic mass is 10.3. The molecule has 72 valence electrons. The second kappa shape index (κ2) is 3.59. The molecule has 1 rings (SSSR count). The molecule has 0 spiro atoms. The van der Waals surface area contributed by atoms with Gasteiger partial charge in [0.1, 0.15) is 17.7 Å². The van der Waals surface area contributed by atoms with Gasteiger partial charge in [-0.15, -0.1) is 0 Å². The molecule has 1 N–H and O–H groups in total. The molecule has 0 saturated heterocycles. The molecule has 13 heavy (non-hydrogen) atoms. The molecule has 1 aromatic rings. The summed E-state index contributed by atoms with van der Waals surface area (Å²) in [5, 5.41) is 2.51. The van der Waals surface area contributed by atoms with Crippen molar-refractivity contribution in [2.75, 3.05) is 11.9 Å². The predicted octanol–water partition coefficient (Wildman–Crippen LogP) is 1.93. The van der Waals surface area contributed by atoms with Crippen molar-refractivity contribution in [2.45, 2.75) is 13.1 Å². The Balaban J connectivity index is 3.05. The van der Waals surface area contributed by atoms with E-state index in [0.717, 1.165) is 12.5 Å². The minimum atomic E-state index is -4.40. The standard InChI is InChI=1S/C7H8F3N3/c1-2-12-6-5(7(8,9)10)3-11-4-13-6/h3-4H,2H2,1H3,(H,11,12,13). The van der Waals surface area contributed by atoms with Crippen molar-refractivity contribution in [3.8, 4) is 0 Å². The lowest BCUT2D eigenvalue weighted by molar-refractivity contribution is -0.137. The zero-order chi connectivity index (χ0) is 9.90. The fourth-order valence-corrected chi connectivity index (χ4v) is 0.845. The van der Waals surface area contributed by atoms with Gasteiger partial charge in [-0.3, -0.25) is 0 Å². The molecule has 1 aromatic heterocycles. The van der Waals surface area contributed by atoms with E-state index >= 15 is 0 Å². The number of anilines is 1. The molecule has 0 atom stereocenters. The quantitative estimate of drug-likeness (QED) is 0.776. The number of alkyl halides is 3. The highest BCUT2D eigenvalue weighted by atomic mass is 19.4. The lowest BCUT2D eigenvalue weighted by Crippen LogP contribution is -2.12. The van der Waals surface area contributed by atoms with E-state index < -0.39 is 11.7 Å². The summed E-state index contributed by atoms with van der Waals surface area (Å²) in [6.45, 7) is 2.09. The summed E-state index contributed by atoms with van der Waals surface area (Å²) in [7, 11) is 0. The maximum Gasteiger partial charge on any atom is 0.421 e. The minimum Gasteiger partial charge on any atom is -0.370 e. The van der Waals surface area contributed by atoms with Gasteiger partial charge in [-0.25, -0.2) is 9.97 Å². The second-order valence-corrected chi connectivity index (χ2v) is 2.31. The highest BCUT2D eigenvalue weighted by Gasteiger charge is 2.34. The van der Waals surface area contributed by atoms with Crippen molar-refractivity contribution < 1.29 is 13.2 Å². The highest BCUT2D eigenvalue weighted by Crippen LogP contribution is 2.32. The molecule has 0 saturated carbocycles. The molecular formula is C7H8F3N3. The van der Waals surface area contributed by atoms with Gasteiger partial charge < -0.3 is 5.32 Å². The Labute approximate surface area is 73.0 Å². The number of hydrogen-bond acceptors (Lipinski definition) is 3. The zero-order valence-corrected chi connectivity index (χ0v) is 6.89. The third-order valence-corrected chi connectivity index (χ3v) is 1.36. The first kappa shape index (κ1) is 9.76. The highest BCUT2D eigenvalue weighted by molar-refractivity contribution is 5.43. The van der Waals surface area contributed by atoms with Crippen LogP contribution in [0.2, 0.25) is 0 Å². The van der Waals surface area contributed by atoms with E-state index in [2.05, 4.69) is 15.3 Å². The number of halogens is 3. The molecule has 0 aliphatic carbocycles. The number of rotatable bonds is 2. The van der Waals surface area contributed by atoms with E-state index in [9.17, 15) is 13.2 Å². The minimum absolute atomic E-state index is 0.176. The Bertz CT molecular complexity index is 285. The number of nitrogens with one attached hydrogen (secondary N) is 1. The molecule has 0 bridgehead atoms. The fourth-order valence-electron chi connectivity index (χ4n) is 0.845. The van der Waals surface area contributed by atoms with Gasteiger partial charge in [-0.2, -0.15) is 13.2 Å².